The van der Waals surface area contributed by atoms with Crippen LogP contribution in [0.2, 0.25) is 0 Å². The van der Waals surface area contributed by atoms with Gasteiger partial charge < -0.3 is 4.57 Å². The summed E-state index contributed by atoms with van der Waals surface area (Å²) in [6, 6.07) is 7.84. The Morgan fingerprint density at radius 3 is 2.90 bits per heavy atom. The number of hydrogen-bond acceptors (Lipinski definition) is 3. The van der Waals surface area contributed by atoms with Crippen molar-refractivity contribution in [2.24, 2.45) is 0 Å². The van der Waals surface area contributed by atoms with E-state index in [2.05, 4.69) is 22.5 Å². The molecule has 0 amide bonds. The second kappa shape index (κ2) is 7.06. The number of hydrogen-bond donors (Lipinski definition) is 0. The monoisotopic (exact) mass is 323 g/mol. The maximum Gasteiger partial charge on any atom is 0.111 e. The molecule has 0 aliphatic heterocycles. The van der Waals surface area contributed by atoms with Gasteiger partial charge in [-0.3, -0.25) is 4.21 Å². The summed E-state index contributed by atoms with van der Waals surface area (Å²) in [7, 11) is -0.810. The van der Waals surface area contributed by atoms with Crippen LogP contribution >= 0.6 is 11.6 Å². The predicted molar refractivity (Wildman–Crippen MR) is 87.1 cm³/mol. The topological polar surface area (TPSA) is 58.7 Å². The molecule has 112 valence electrons. The molecule has 1 aromatic carbocycles. The molecule has 0 N–H and O–H groups in total. The molecule has 0 saturated heterocycles. The Labute approximate surface area is 132 Å². The van der Waals surface area contributed by atoms with E-state index in [-0.39, 0.29) is 6.04 Å². The summed E-state index contributed by atoms with van der Waals surface area (Å²) in [6.45, 7) is 2.09. The number of fused-ring (bicyclic) bond motifs is 1. The van der Waals surface area contributed by atoms with E-state index in [1.807, 2.05) is 12.1 Å². The lowest BCUT2D eigenvalue weighted by Crippen LogP contribution is -2.12. The number of imidazole rings is 1. The van der Waals surface area contributed by atoms with E-state index in [1.165, 1.54) is 0 Å². The highest BCUT2D eigenvalue weighted by Crippen LogP contribution is 2.25. The lowest BCUT2D eigenvalue weighted by atomic mass is 10.2. The molecule has 0 aliphatic carbocycles. The Morgan fingerprint density at radius 1 is 1.52 bits per heavy atom. The van der Waals surface area contributed by atoms with Gasteiger partial charge in [-0.1, -0.05) is 0 Å². The van der Waals surface area contributed by atoms with Crippen molar-refractivity contribution in [3.8, 4) is 6.07 Å². The molecule has 4 nitrogen and oxygen atoms in total. The van der Waals surface area contributed by atoms with Crippen LogP contribution in [0, 0.1) is 11.3 Å². The van der Waals surface area contributed by atoms with Gasteiger partial charge in [0.1, 0.15) is 5.82 Å². The highest BCUT2D eigenvalue weighted by Gasteiger charge is 2.16. The number of nitriles is 1. The predicted octanol–water partition coefficient (Wildman–Crippen LogP) is 3.02. The second-order valence-electron chi connectivity index (χ2n) is 5.07. The molecule has 21 heavy (non-hydrogen) atoms. The first-order valence-electron chi connectivity index (χ1n) is 6.83. The van der Waals surface area contributed by atoms with Crippen molar-refractivity contribution in [1.82, 2.24) is 9.55 Å². The fraction of sp³-hybridized carbons (Fsp3) is 0.467. The summed E-state index contributed by atoms with van der Waals surface area (Å²) < 4.78 is 13.4. The van der Waals surface area contributed by atoms with Crippen LogP contribution in [0.3, 0.4) is 0 Å². The van der Waals surface area contributed by atoms with Crippen LogP contribution in [0.1, 0.15) is 30.8 Å². The number of aromatic nitrogens is 2. The highest BCUT2D eigenvalue weighted by atomic mass is 35.5. The minimum absolute atomic E-state index is 0.172. The molecule has 1 aromatic heterocycles. The molecule has 0 aliphatic rings. The quantitative estimate of drug-likeness (QED) is 0.768. The summed E-state index contributed by atoms with van der Waals surface area (Å²) in [5, 5.41) is 9.07. The molecule has 2 atom stereocenters. The van der Waals surface area contributed by atoms with Gasteiger partial charge in [0, 0.05) is 41.2 Å². The zero-order chi connectivity index (χ0) is 15.4. The maximum absolute atomic E-state index is 11.3. The number of alkyl halides is 1. The van der Waals surface area contributed by atoms with E-state index in [1.54, 1.807) is 12.3 Å². The Morgan fingerprint density at radius 2 is 2.29 bits per heavy atom. The number of nitrogens with zero attached hydrogens (tertiary/aromatic N) is 3. The number of rotatable bonds is 6. The highest BCUT2D eigenvalue weighted by molar-refractivity contribution is 7.84. The number of halogens is 1. The van der Waals surface area contributed by atoms with Crippen molar-refractivity contribution >= 4 is 33.4 Å². The molecule has 0 fully saturated rings. The lowest BCUT2D eigenvalue weighted by Gasteiger charge is -2.17. The summed E-state index contributed by atoms with van der Waals surface area (Å²) in [5.74, 6) is 2.07. The van der Waals surface area contributed by atoms with Gasteiger partial charge in [-0.15, -0.1) is 11.6 Å². The van der Waals surface area contributed by atoms with Gasteiger partial charge in [-0.25, -0.2) is 4.98 Å². The molecular formula is C15H18ClN3OS. The van der Waals surface area contributed by atoms with Crippen molar-refractivity contribution in [1.29, 1.82) is 5.26 Å². The SMILES string of the molecule is CC(CCS(C)=O)n1c(CCCl)nc2ccc(C#N)cc21. The average Bonchev–Trinajstić information content (AvgIpc) is 2.82. The number of benzene rings is 1. The van der Waals surface area contributed by atoms with Gasteiger partial charge in [0.25, 0.3) is 0 Å². The second-order valence-corrected chi connectivity index (χ2v) is 7.00. The first-order chi connectivity index (χ1) is 10.1. The molecule has 0 spiro atoms. The van der Waals surface area contributed by atoms with E-state index in [4.69, 9.17) is 16.9 Å². The Kier molecular flexibility index (Phi) is 5.38. The third-order valence-corrected chi connectivity index (χ3v) is 4.47. The summed E-state index contributed by atoms with van der Waals surface area (Å²) in [5.41, 5.74) is 2.44. The minimum Gasteiger partial charge on any atom is -0.325 e. The third kappa shape index (κ3) is 3.63. The maximum atomic E-state index is 11.3. The van der Waals surface area contributed by atoms with Gasteiger partial charge in [-0.05, 0) is 31.5 Å². The molecule has 1 heterocycles. The van der Waals surface area contributed by atoms with E-state index in [0.717, 1.165) is 23.3 Å². The molecule has 0 radical (unpaired) electrons. The molecule has 0 bridgehead atoms. The lowest BCUT2D eigenvalue weighted by molar-refractivity contribution is 0.525. The molecule has 6 heteroatoms. The Bertz CT molecular complexity index is 705. The zero-order valence-corrected chi connectivity index (χ0v) is 13.7. The summed E-state index contributed by atoms with van der Waals surface area (Å²) >= 11 is 5.87. The van der Waals surface area contributed by atoms with E-state index >= 15 is 0 Å². The summed E-state index contributed by atoms with van der Waals surface area (Å²) in [4.78, 5) is 4.62. The van der Waals surface area contributed by atoms with Crippen molar-refractivity contribution in [3.63, 3.8) is 0 Å². The first kappa shape index (κ1) is 16.0. The van der Waals surface area contributed by atoms with Gasteiger partial charge in [-0.2, -0.15) is 5.26 Å². The fourth-order valence-electron chi connectivity index (χ4n) is 2.43. The Hall–Kier alpha value is -1.38. The standard InChI is InChI=1S/C15H18ClN3OS/c1-11(6-8-21(2)20)19-14-9-12(10-17)3-4-13(14)18-15(19)5-7-16/h3-4,9,11H,5-8H2,1-2H3. The van der Waals surface area contributed by atoms with Crippen LogP contribution in [0.25, 0.3) is 11.0 Å². The molecule has 2 unspecified atom stereocenters. The van der Waals surface area contributed by atoms with Crippen LogP contribution in [0.15, 0.2) is 18.2 Å². The molecule has 0 saturated carbocycles. The van der Waals surface area contributed by atoms with Crippen LogP contribution in [-0.2, 0) is 17.2 Å². The number of aryl methyl sites for hydroxylation is 1. The summed E-state index contributed by atoms with van der Waals surface area (Å²) in [6.07, 6.45) is 3.20. The normalized spacial score (nSPS) is 14.0. The molecule has 2 rings (SSSR count). The smallest absolute Gasteiger partial charge is 0.111 e. The van der Waals surface area contributed by atoms with Crippen molar-refractivity contribution in [2.45, 2.75) is 25.8 Å². The third-order valence-electron chi connectivity index (χ3n) is 3.47. The van der Waals surface area contributed by atoms with E-state index in [9.17, 15) is 4.21 Å². The van der Waals surface area contributed by atoms with Crippen molar-refractivity contribution < 1.29 is 4.21 Å². The van der Waals surface area contributed by atoms with E-state index < -0.39 is 10.8 Å². The zero-order valence-electron chi connectivity index (χ0n) is 12.2. The fourth-order valence-corrected chi connectivity index (χ4v) is 3.27. The van der Waals surface area contributed by atoms with Gasteiger partial charge in [0.05, 0.1) is 22.7 Å². The van der Waals surface area contributed by atoms with Crippen LogP contribution in [-0.4, -0.2) is 31.6 Å². The van der Waals surface area contributed by atoms with Crippen LogP contribution in [0.5, 0.6) is 0 Å². The average molecular weight is 324 g/mol. The van der Waals surface area contributed by atoms with Gasteiger partial charge >= 0.3 is 0 Å². The van der Waals surface area contributed by atoms with Crippen LogP contribution in [0.4, 0.5) is 0 Å². The Balaban J connectivity index is 2.48. The minimum atomic E-state index is -0.810. The molecule has 2 aromatic rings. The van der Waals surface area contributed by atoms with Crippen LogP contribution < -0.4 is 0 Å². The molecular weight excluding hydrogens is 306 g/mol. The van der Waals surface area contributed by atoms with Gasteiger partial charge in [0.15, 0.2) is 0 Å². The van der Waals surface area contributed by atoms with Crippen molar-refractivity contribution in [3.05, 3.63) is 29.6 Å². The van der Waals surface area contributed by atoms with Gasteiger partial charge in [0.2, 0.25) is 0 Å². The van der Waals surface area contributed by atoms with E-state index in [0.29, 0.717) is 23.6 Å². The van der Waals surface area contributed by atoms with Crippen molar-refractivity contribution in [2.75, 3.05) is 17.9 Å². The first-order valence-corrected chi connectivity index (χ1v) is 9.10. The largest absolute Gasteiger partial charge is 0.325 e.